The molecule has 7 nitrogen and oxygen atoms in total. The van der Waals surface area contributed by atoms with Crippen LogP contribution in [0.5, 0.6) is 11.5 Å². The van der Waals surface area contributed by atoms with Gasteiger partial charge in [-0.3, -0.25) is 9.88 Å². The van der Waals surface area contributed by atoms with Crippen LogP contribution in [0.25, 0.3) is 0 Å². The summed E-state index contributed by atoms with van der Waals surface area (Å²) >= 11 is 5.75. The summed E-state index contributed by atoms with van der Waals surface area (Å²) in [6.07, 6.45) is 4.63. The van der Waals surface area contributed by atoms with Crippen LogP contribution >= 0.6 is 12.2 Å². The van der Waals surface area contributed by atoms with Gasteiger partial charge in [0.05, 0.1) is 19.8 Å². The summed E-state index contributed by atoms with van der Waals surface area (Å²) in [6, 6.07) is 9.92. The molecular formula is C21H26N4O3S. The molecule has 2 aromatic rings. The van der Waals surface area contributed by atoms with Crippen molar-refractivity contribution >= 4 is 23.0 Å². The molecular weight excluding hydrogens is 388 g/mol. The van der Waals surface area contributed by atoms with Gasteiger partial charge in [-0.05, 0) is 55.0 Å². The zero-order chi connectivity index (χ0) is 19.9. The van der Waals surface area contributed by atoms with E-state index in [9.17, 15) is 0 Å². The number of anilines is 1. The van der Waals surface area contributed by atoms with Crippen molar-refractivity contribution in [3.05, 3.63) is 48.3 Å². The Morgan fingerprint density at radius 1 is 1.10 bits per heavy atom. The van der Waals surface area contributed by atoms with E-state index in [4.69, 9.17) is 26.4 Å². The van der Waals surface area contributed by atoms with Crippen molar-refractivity contribution in [3.63, 3.8) is 0 Å². The van der Waals surface area contributed by atoms with Crippen molar-refractivity contribution in [1.29, 1.82) is 0 Å². The van der Waals surface area contributed by atoms with Crippen LogP contribution in [0.3, 0.4) is 0 Å². The summed E-state index contributed by atoms with van der Waals surface area (Å²) < 4.78 is 16.4. The predicted molar refractivity (Wildman–Crippen MR) is 115 cm³/mol. The van der Waals surface area contributed by atoms with Gasteiger partial charge in [0.25, 0.3) is 0 Å². The Morgan fingerprint density at radius 2 is 1.90 bits per heavy atom. The van der Waals surface area contributed by atoms with Crippen LogP contribution in [0, 0.1) is 0 Å². The second-order valence-corrected chi connectivity index (χ2v) is 7.41. The van der Waals surface area contributed by atoms with E-state index in [0.717, 1.165) is 68.6 Å². The van der Waals surface area contributed by atoms with E-state index in [-0.39, 0.29) is 6.79 Å². The highest BCUT2D eigenvalue weighted by Gasteiger charge is 2.19. The minimum atomic E-state index is 0.257. The Balaban J connectivity index is 1.39. The SMILES string of the molecule is S=C(NCCCN1CCOCC1)N(Cc1ccncc1)c1ccc2c(c1)OCO2. The Morgan fingerprint density at radius 3 is 2.72 bits per heavy atom. The highest BCUT2D eigenvalue weighted by Crippen LogP contribution is 2.35. The topological polar surface area (TPSA) is 59.1 Å². The number of benzene rings is 1. The number of nitrogens with zero attached hydrogens (tertiary/aromatic N) is 3. The van der Waals surface area contributed by atoms with Crippen molar-refractivity contribution in [1.82, 2.24) is 15.2 Å². The third kappa shape index (κ3) is 5.35. The summed E-state index contributed by atoms with van der Waals surface area (Å²) in [6.45, 7) is 6.46. The molecule has 1 fully saturated rings. The predicted octanol–water partition coefficient (Wildman–Crippen LogP) is 2.41. The van der Waals surface area contributed by atoms with Crippen LogP contribution in [0.15, 0.2) is 42.7 Å². The number of hydrogen-bond acceptors (Lipinski definition) is 6. The van der Waals surface area contributed by atoms with E-state index in [1.54, 1.807) is 12.4 Å². The molecule has 8 heteroatoms. The second kappa shape index (κ2) is 9.87. The van der Waals surface area contributed by atoms with Crippen molar-refractivity contribution in [2.75, 3.05) is 51.1 Å². The van der Waals surface area contributed by atoms with Crippen LogP contribution in [-0.2, 0) is 11.3 Å². The van der Waals surface area contributed by atoms with Gasteiger partial charge in [0.1, 0.15) is 0 Å². The van der Waals surface area contributed by atoms with E-state index < -0.39 is 0 Å². The highest BCUT2D eigenvalue weighted by atomic mass is 32.1. The van der Waals surface area contributed by atoms with Crippen molar-refractivity contribution in [3.8, 4) is 11.5 Å². The highest BCUT2D eigenvalue weighted by molar-refractivity contribution is 7.80. The normalized spacial score (nSPS) is 15.9. The molecule has 0 spiro atoms. The maximum atomic E-state index is 5.75. The molecule has 0 atom stereocenters. The van der Waals surface area contributed by atoms with Gasteiger partial charge in [0, 0.05) is 43.8 Å². The van der Waals surface area contributed by atoms with Gasteiger partial charge in [0.15, 0.2) is 16.6 Å². The first-order valence-electron chi connectivity index (χ1n) is 9.93. The molecule has 0 saturated carbocycles. The summed E-state index contributed by atoms with van der Waals surface area (Å²) in [7, 11) is 0. The van der Waals surface area contributed by atoms with E-state index >= 15 is 0 Å². The molecule has 0 aliphatic carbocycles. The third-order valence-corrected chi connectivity index (χ3v) is 5.40. The summed E-state index contributed by atoms with van der Waals surface area (Å²) in [5.41, 5.74) is 2.10. The van der Waals surface area contributed by atoms with Gasteiger partial charge in [0.2, 0.25) is 6.79 Å². The monoisotopic (exact) mass is 414 g/mol. The summed E-state index contributed by atoms with van der Waals surface area (Å²) in [5, 5.41) is 4.12. The van der Waals surface area contributed by atoms with Crippen LogP contribution in [-0.4, -0.2) is 61.2 Å². The van der Waals surface area contributed by atoms with Gasteiger partial charge in [-0.1, -0.05) is 0 Å². The zero-order valence-electron chi connectivity index (χ0n) is 16.4. The summed E-state index contributed by atoms with van der Waals surface area (Å²) in [4.78, 5) is 8.62. The lowest BCUT2D eigenvalue weighted by Crippen LogP contribution is -2.41. The number of thiocarbonyl (C=S) groups is 1. The van der Waals surface area contributed by atoms with E-state index in [1.165, 1.54) is 0 Å². The van der Waals surface area contributed by atoms with Gasteiger partial charge < -0.3 is 24.4 Å². The number of pyridine rings is 1. The molecule has 154 valence electrons. The standard InChI is InChI=1S/C21H26N4O3S/c29-21(23-6-1-9-24-10-12-26-13-11-24)25(15-17-4-7-22-8-5-17)18-2-3-19-20(14-18)28-16-27-19/h2-5,7-8,14H,1,6,9-13,15-16H2,(H,23,29). The molecule has 29 heavy (non-hydrogen) atoms. The lowest BCUT2D eigenvalue weighted by Gasteiger charge is -2.28. The number of nitrogens with one attached hydrogen (secondary N) is 1. The minimum Gasteiger partial charge on any atom is -0.454 e. The first kappa shape index (κ1) is 19.9. The lowest BCUT2D eigenvalue weighted by atomic mass is 10.2. The minimum absolute atomic E-state index is 0.257. The fourth-order valence-corrected chi connectivity index (χ4v) is 3.69. The zero-order valence-corrected chi connectivity index (χ0v) is 17.2. The van der Waals surface area contributed by atoms with Crippen LogP contribution in [0.2, 0.25) is 0 Å². The number of ether oxygens (including phenoxy) is 3. The van der Waals surface area contributed by atoms with Crippen molar-refractivity contribution in [2.24, 2.45) is 0 Å². The van der Waals surface area contributed by atoms with Gasteiger partial charge in [-0.15, -0.1) is 0 Å². The van der Waals surface area contributed by atoms with Crippen molar-refractivity contribution in [2.45, 2.75) is 13.0 Å². The Hall–Kier alpha value is -2.42. The fourth-order valence-electron chi connectivity index (χ4n) is 3.42. The molecule has 2 aliphatic heterocycles. The van der Waals surface area contributed by atoms with E-state index in [2.05, 4.69) is 20.1 Å². The molecule has 0 radical (unpaired) electrons. The van der Waals surface area contributed by atoms with Crippen molar-refractivity contribution < 1.29 is 14.2 Å². The average Bonchev–Trinajstić information content (AvgIpc) is 3.24. The van der Waals surface area contributed by atoms with Gasteiger partial charge in [-0.2, -0.15) is 0 Å². The van der Waals surface area contributed by atoms with Crippen LogP contribution < -0.4 is 19.7 Å². The van der Waals surface area contributed by atoms with Crippen LogP contribution in [0.1, 0.15) is 12.0 Å². The smallest absolute Gasteiger partial charge is 0.231 e. The lowest BCUT2D eigenvalue weighted by molar-refractivity contribution is 0.0376. The molecule has 1 N–H and O–H groups in total. The maximum absolute atomic E-state index is 5.75. The Bertz CT molecular complexity index is 815. The maximum Gasteiger partial charge on any atom is 0.231 e. The molecule has 4 rings (SSSR count). The first-order valence-corrected chi connectivity index (χ1v) is 10.3. The number of rotatable bonds is 7. The Kier molecular flexibility index (Phi) is 6.76. The second-order valence-electron chi connectivity index (χ2n) is 7.02. The quantitative estimate of drug-likeness (QED) is 0.548. The summed E-state index contributed by atoms with van der Waals surface area (Å²) in [5.74, 6) is 1.51. The fraction of sp³-hybridized carbons (Fsp3) is 0.429. The number of hydrogen-bond donors (Lipinski definition) is 1. The average molecular weight is 415 g/mol. The number of morpholine rings is 1. The third-order valence-electron chi connectivity index (χ3n) is 5.03. The molecule has 0 unspecified atom stereocenters. The molecule has 0 amide bonds. The number of fused-ring (bicyclic) bond motifs is 1. The molecule has 1 saturated heterocycles. The first-order chi connectivity index (χ1) is 14.3. The molecule has 2 aliphatic rings. The van der Waals surface area contributed by atoms with Crippen LogP contribution in [0.4, 0.5) is 5.69 Å². The molecule has 0 bridgehead atoms. The molecule has 3 heterocycles. The molecule has 1 aromatic heterocycles. The molecule has 1 aromatic carbocycles. The van der Waals surface area contributed by atoms with E-state index in [0.29, 0.717) is 11.7 Å². The largest absolute Gasteiger partial charge is 0.454 e. The van der Waals surface area contributed by atoms with Gasteiger partial charge in [-0.25, -0.2) is 0 Å². The Labute approximate surface area is 176 Å². The van der Waals surface area contributed by atoms with Gasteiger partial charge >= 0.3 is 0 Å². The van der Waals surface area contributed by atoms with E-state index in [1.807, 2.05) is 30.3 Å². The number of aromatic nitrogens is 1.